The Balaban J connectivity index is 2.58. The van der Waals surface area contributed by atoms with E-state index in [0.717, 1.165) is 5.69 Å². The van der Waals surface area contributed by atoms with E-state index in [4.69, 9.17) is 10.4 Å². The molecule has 0 spiro atoms. The molecule has 0 heterocycles. The summed E-state index contributed by atoms with van der Waals surface area (Å²) in [5, 5.41) is 19.8. The summed E-state index contributed by atoms with van der Waals surface area (Å²) in [6.45, 7) is 0.962. The zero-order valence-corrected chi connectivity index (χ0v) is 11.8. The summed E-state index contributed by atoms with van der Waals surface area (Å²) in [5.74, 6) is -1.02. The molecule has 1 amide bonds. The van der Waals surface area contributed by atoms with Crippen LogP contribution >= 0.6 is 0 Å². The fourth-order valence-corrected chi connectivity index (χ4v) is 1.85. The molecule has 2 N–H and O–H groups in total. The molecule has 0 saturated heterocycles. The molecule has 21 heavy (non-hydrogen) atoms. The molecule has 112 valence electrons. The maximum absolute atomic E-state index is 11.8. The van der Waals surface area contributed by atoms with E-state index < -0.39 is 5.97 Å². The van der Waals surface area contributed by atoms with E-state index in [0.29, 0.717) is 19.5 Å². The number of para-hydroxylation sites is 1. The van der Waals surface area contributed by atoms with Gasteiger partial charge in [0, 0.05) is 25.2 Å². The van der Waals surface area contributed by atoms with Crippen LogP contribution in [0.4, 0.5) is 5.69 Å². The number of hydrogen-bond acceptors (Lipinski definition) is 4. The second kappa shape index (κ2) is 9.37. The van der Waals surface area contributed by atoms with E-state index in [9.17, 15) is 9.59 Å². The van der Waals surface area contributed by atoms with Crippen molar-refractivity contribution >= 4 is 17.6 Å². The number of hydrogen-bond donors (Lipinski definition) is 2. The lowest BCUT2D eigenvalue weighted by Crippen LogP contribution is -2.38. The van der Waals surface area contributed by atoms with E-state index >= 15 is 0 Å². The monoisotopic (exact) mass is 289 g/mol. The largest absolute Gasteiger partial charge is 0.481 e. The van der Waals surface area contributed by atoms with Gasteiger partial charge in [-0.15, -0.1) is 0 Å². The van der Waals surface area contributed by atoms with Crippen molar-refractivity contribution in [3.8, 4) is 6.07 Å². The van der Waals surface area contributed by atoms with E-state index in [1.54, 1.807) is 0 Å². The maximum Gasteiger partial charge on any atom is 0.303 e. The van der Waals surface area contributed by atoms with E-state index in [2.05, 4.69) is 5.32 Å². The molecule has 1 aromatic carbocycles. The summed E-state index contributed by atoms with van der Waals surface area (Å²) in [5.41, 5.74) is 0.873. The first-order valence-electron chi connectivity index (χ1n) is 6.79. The lowest BCUT2D eigenvalue weighted by molar-refractivity contribution is -0.137. The van der Waals surface area contributed by atoms with Crippen LogP contribution in [0.15, 0.2) is 30.3 Å². The highest BCUT2D eigenvalue weighted by molar-refractivity contribution is 5.81. The highest BCUT2D eigenvalue weighted by atomic mass is 16.4. The minimum Gasteiger partial charge on any atom is -0.481 e. The van der Waals surface area contributed by atoms with Crippen LogP contribution in [-0.4, -0.2) is 36.6 Å². The van der Waals surface area contributed by atoms with Crippen LogP contribution in [0.2, 0.25) is 0 Å². The maximum atomic E-state index is 11.8. The number of nitrogens with one attached hydrogen (secondary N) is 1. The highest BCUT2D eigenvalue weighted by Gasteiger charge is 2.11. The van der Waals surface area contributed by atoms with Gasteiger partial charge in [0.25, 0.3) is 0 Å². The molecule has 0 aromatic heterocycles. The Morgan fingerprint density at radius 2 is 2.00 bits per heavy atom. The molecule has 0 saturated carbocycles. The Morgan fingerprint density at radius 1 is 1.29 bits per heavy atom. The Morgan fingerprint density at radius 3 is 2.62 bits per heavy atom. The zero-order valence-electron chi connectivity index (χ0n) is 11.8. The Hall–Kier alpha value is -2.55. The number of benzene rings is 1. The van der Waals surface area contributed by atoms with Crippen molar-refractivity contribution in [2.75, 3.05) is 24.5 Å². The van der Waals surface area contributed by atoms with Crippen LogP contribution in [0.3, 0.4) is 0 Å². The fraction of sp³-hybridized carbons (Fsp3) is 0.400. The van der Waals surface area contributed by atoms with Crippen LogP contribution in [0.5, 0.6) is 0 Å². The molecule has 0 radical (unpaired) electrons. The van der Waals surface area contributed by atoms with Gasteiger partial charge in [0.15, 0.2) is 0 Å². The number of carboxylic acids is 1. The molecule has 0 aliphatic carbocycles. The third kappa shape index (κ3) is 6.97. The Kier molecular flexibility index (Phi) is 7.36. The van der Waals surface area contributed by atoms with Crippen LogP contribution in [0, 0.1) is 11.3 Å². The lowest BCUT2D eigenvalue weighted by atomic mass is 10.2. The predicted octanol–water partition coefficient (Wildman–Crippen LogP) is 1.39. The molecule has 1 aromatic rings. The number of carbonyl (C=O) groups excluding carboxylic acids is 1. The summed E-state index contributed by atoms with van der Waals surface area (Å²) in [7, 11) is 0. The molecule has 0 fully saturated rings. The van der Waals surface area contributed by atoms with Crippen LogP contribution in [0.25, 0.3) is 0 Å². The number of carbonyl (C=O) groups is 2. The molecule has 0 atom stereocenters. The lowest BCUT2D eigenvalue weighted by Gasteiger charge is -2.24. The minimum absolute atomic E-state index is 0.0688. The predicted molar refractivity (Wildman–Crippen MR) is 78.8 cm³/mol. The van der Waals surface area contributed by atoms with Crippen molar-refractivity contribution in [1.82, 2.24) is 5.32 Å². The quantitative estimate of drug-likeness (QED) is 0.670. The average molecular weight is 289 g/mol. The smallest absolute Gasteiger partial charge is 0.303 e. The molecule has 0 bridgehead atoms. The van der Waals surface area contributed by atoms with Crippen molar-refractivity contribution in [3.63, 3.8) is 0 Å². The molecule has 1 rings (SSSR count). The van der Waals surface area contributed by atoms with Gasteiger partial charge in [-0.25, -0.2) is 0 Å². The number of nitriles is 1. The van der Waals surface area contributed by atoms with Crippen LogP contribution < -0.4 is 10.2 Å². The highest BCUT2D eigenvalue weighted by Crippen LogP contribution is 2.13. The van der Waals surface area contributed by atoms with Gasteiger partial charge in [-0.2, -0.15) is 5.26 Å². The normalized spacial score (nSPS) is 9.67. The number of aliphatic carboxylic acids is 1. The summed E-state index contributed by atoms with van der Waals surface area (Å²) in [6, 6.07) is 11.3. The van der Waals surface area contributed by atoms with Crippen LogP contribution in [-0.2, 0) is 9.59 Å². The fourth-order valence-electron chi connectivity index (χ4n) is 1.85. The number of anilines is 1. The van der Waals surface area contributed by atoms with Crippen molar-refractivity contribution in [1.29, 1.82) is 5.26 Å². The van der Waals surface area contributed by atoms with Crippen molar-refractivity contribution in [3.05, 3.63) is 30.3 Å². The third-order valence-corrected chi connectivity index (χ3v) is 2.83. The van der Waals surface area contributed by atoms with E-state index in [-0.39, 0.29) is 25.3 Å². The molecule has 6 heteroatoms. The van der Waals surface area contributed by atoms with Crippen LogP contribution in [0.1, 0.15) is 19.3 Å². The Labute approximate surface area is 124 Å². The average Bonchev–Trinajstić information content (AvgIpc) is 2.47. The SMILES string of the molecule is N#CCCNC(=O)CN(CCCC(=O)O)c1ccccc1. The number of carboxylic acid groups (broad SMARTS) is 1. The second-order valence-corrected chi connectivity index (χ2v) is 4.51. The first-order valence-corrected chi connectivity index (χ1v) is 6.79. The number of nitrogens with zero attached hydrogens (tertiary/aromatic N) is 2. The van der Waals surface area contributed by atoms with Crippen molar-refractivity contribution in [2.45, 2.75) is 19.3 Å². The van der Waals surface area contributed by atoms with Gasteiger partial charge in [-0.05, 0) is 18.6 Å². The second-order valence-electron chi connectivity index (χ2n) is 4.51. The van der Waals surface area contributed by atoms with Gasteiger partial charge >= 0.3 is 5.97 Å². The summed E-state index contributed by atoms with van der Waals surface area (Å²) in [6.07, 6.45) is 0.811. The molecular formula is C15H19N3O3. The summed E-state index contributed by atoms with van der Waals surface area (Å²) < 4.78 is 0. The van der Waals surface area contributed by atoms with Gasteiger partial charge in [-0.1, -0.05) is 18.2 Å². The van der Waals surface area contributed by atoms with E-state index in [1.165, 1.54) is 0 Å². The third-order valence-electron chi connectivity index (χ3n) is 2.83. The minimum atomic E-state index is -0.846. The summed E-state index contributed by atoms with van der Waals surface area (Å²) in [4.78, 5) is 24.2. The number of amides is 1. The van der Waals surface area contributed by atoms with Gasteiger partial charge in [0.2, 0.25) is 5.91 Å². The number of rotatable bonds is 9. The van der Waals surface area contributed by atoms with Gasteiger partial charge in [0.1, 0.15) is 0 Å². The van der Waals surface area contributed by atoms with E-state index in [1.807, 2.05) is 41.3 Å². The molecular weight excluding hydrogens is 270 g/mol. The Bertz CT molecular complexity index is 497. The topological polar surface area (TPSA) is 93.4 Å². The summed E-state index contributed by atoms with van der Waals surface area (Å²) >= 11 is 0. The standard InChI is InChI=1S/C15H19N3O3/c16-9-5-10-17-14(19)12-18(11-4-8-15(20)21)13-6-2-1-3-7-13/h1-3,6-7H,4-5,8,10-12H2,(H,17,19)(H,20,21). The first-order chi connectivity index (χ1) is 10.1. The van der Waals surface area contributed by atoms with Gasteiger partial charge in [-0.3, -0.25) is 9.59 Å². The van der Waals surface area contributed by atoms with Gasteiger partial charge < -0.3 is 15.3 Å². The molecule has 0 aliphatic heterocycles. The molecule has 0 unspecified atom stereocenters. The molecule has 0 aliphatic rings. The zero-order chi connectivity index (χ0) is 15.5. The van der Waals surface area contributed by atoms with Crippen molar-refractivity contribution in [2.24, 2.45) is 0 Å². The van der Waals surface area contributed by atoms with Gasteiger partial charge in [0.05, 0.1) is 19.0 Å². The van der Waals surface area contributed by atoms with Crippen molar-refractivity contribution < 1.29 is 14.7 Å². The first kappa shape index (κ1) is 16.5. The molecule has 6 nitrogen and oxygen atoms in total.